The molecule has 2 bridgehead atoms. The predicted molar refractivity (Wildman–Crippen MR) is 43.5 cm³/mol. The average molecular weight is 137 g/mol. The molecule has 0 N–H and O–H groups in total. The Kier molecular flexibility index (Phi) is 1.19. The van der Waals surface area contributed by atoms with Crippen LogP contribution in [0.5, 0.6) is 0 Å². The Labute approximate surface area is 64.0 Å². The van der Waals surface area contributed by atoms with Gasteiger partial charge in [-0.1, -0.05) is 20.8 Å². The Balaban J connectivity index is 2.10. The van der Waals surface area contributed by atoms with E-state index in [4.69, 9.17) is 0 Å². The first-order chi connectivity index (χ1) is 4.60. The summed E-state index contributed by atoms with van der Waals surface area (Å²) in [6.07, 6.45) is 5.50. The third kappa shape index (κ3) is 0.681. The lowest BCUT2D eigenvalue weighted by Crippen LogP contribution is -2.50. The van der Waals surface area contributed by atoms with E-state index in [1.165, 1.54) is 12.8 Å². The van der Waals surface area contributed by atoms with Crippen molar-refractivity contribution in [3.63, 3.8) is 0 Å². The van der Waals surface area contributed by atoms with Crippen molar-refractivity contribution >= 4 is 0 Å². The van der Waals surface area contributed by atoms with Gasteiger partial charge < -0.3 is 0 Å². The lowest BCUT2D eigenvalue weighted by molar-refractivity contribution is -0.0485. The molecule has 3 saturated carbocycles. The van der Waals surface area contributed by atoms with E-state index in [0.717, 1.165) is 17.8 Å². The molecule has 0 heteroatoms. The van der Waals surface area contributed by atoms with Crippen LogP contribution >= 0.6 is 0 Å². The fraction of sp³-hybridized carbons (Fsp3) is 0.900. The molecule has 0 aromatic heterocycles. The van der Waals surface area contributed by atoms with Crippen molar-refractivity contribution in [2.45, 2.75) is 33.6 Å². The molecule has 3 atom stereocenters. The molecule has 0 nitrogen and oxygen atoms in total. The van der Waals surface area contributed by atoms with Crippen LogP contribution in [0.15, 0.2) is 0 Å². The van der Waals surface area contributed by atoms with Gasteiger partial charge in [0.15, 0.2) is 0 Å². The van der Waals surface area contributed by atoms with Gasteiger partial charge in [-0.3, -0.25) is 0 Å². The fourth-order valence-corrected chi connectivity index (χ4v) is 2.71. The summed E-state index contributed by atoms with van der Waals surface area (Å²) in [6, 6.07) is 0. The molecular weight excluding hydrogens is 120 g/mol. The molecule has 0 unspecified atom stereocenters. The molecule has 0 aliphatic heterocycles. The topological polar surface area (TPSA) is 0 Å². The second-order valence-electron chi connectivity index (χ2n) is 4.77. The zero-order valence-electron chi connectivity index (χ0n) is 7.22. The van der Waals surface area contributed by atoms with E-state index in [9.17, 15) is 0 Å². The molecule has 3 fully saturated rings. The molecule has 3 aliphatic carbocycles. The van der Waals surface area contributed by atoms with E-state index in [2.05, 4.69) is 27.2 Å². The first kappa shape index (κ1) is 6.69. The smallest absolute Gasteiger partial charge is 0.0294 e. The quantitative estimate of drug-likeness (QED) is 0.481. The van der Waals surface area contributed by atoms with Crippen LogP contribution in [-0.4, -0.2) is 0 Å². The second-order valence-corrected chi connectivity index (χ2v) is 4.77. The third-order valence-electron chi connectivity index (χ3n) is 3.76. The lowest BCUT2D eigenvalue weighted by atomic mass is 9.47. The van der Waals surface area contributed by atoms with Gasteiger partial charge in [0.25, 0.3) is 0 Å². The molecule has 3 aliphatic rings. The fourth-order valence-electron chi connectivity index (χ4n) is 2.71. The Morgan fingerprint density at radius 2 is 2.00 bits per heavy atom. The maximum Gasteiger partial charge on any atom is -0.0294 e. The van der Waals surface area contributed by atoms with Gasteiger partial charge >= 0.3 is 0 Å². The lowest BCUT2D eigenvalue weighted by Gasteiger charge is -2.58. The minimum Gasteiger partial charge on any atom is -0.0622 e. The number of fused-ring (bicyclic) bond motifs is 2. The van der Waals surface area contributed by atoms with E-state index < -0.39 is 0 Å². The van der Waals surface area contributed by atoms with Crippen molar-refractivity contribution in [3.05, 3.63) is 6.42 Å². The van der Waals surface area contributed by atoms with Crippen LogP contribution in [0.3, 0.4) is 0 Å². The molecule has 0 amide bonds. The summed E-state index contributed by atoms with van der Waals surface area (Å²) in [5.74, 6) is 2.88. The standard InChI is InChI=1S/C10H17/c1-7-4-8-6-9(5-7)10(8,2)3/h4,7-9H,5-6H2,1-3H3/t7-,8-,9+/m0/s1. The summed E-state index contributed by atoms with van der Waals surface area (Å²) in [7, 11) is 0. The zero-order chi connectivity index (χ0) is 7.35. The molecule has 10 heavy (non-hydrogen) atoms. The third-order valence-corrected chi connectivity index (χ3v) is 3.76. The molecule has 0 saturated heterocycles. The first-order valence-electron chi connectivity index (χ1n) is 4.45. The van der Waals surface area contributed by atoms with Crippen molar-refractivity contribution in [1.82, 2.24) is 0 Å². The van der Waals surface area contributed by atoms with Crippen molar-refractivity contribution in [2.75, 3.05) is 0 Å². The van der Waals surface area contributed by atoms with Gasteiger partial charge in [0.1, 0.15) is 0 Å². The van der Waals surface area contributed by atoms with Gasteiger partial charge in [-0.25, -0.2) is 0 Å². The van der Waals surface area contributed by atoms with Gasteiger partial charge in [0, 0.05) is 0 Å². The monoisotopic (exact) mass is 137 g/mol. The van der Waals surface area contributed by atoms with Crippen LogP contribution in [-0.2, 0) is 0 Å². The minimum absolute atomic E-state index is 0.659. The summed E-state index contributed by atoms with van der Waals surface area (Å²) >= 11 is 0. The SMILES string of the molecule is C[C@H]1[CH][C@H]2C[C@@H](C1)C2(C)C. The highest BCUT2D eigenvalue weighted by atomic mass is 14.6. The van der Waals surface area contributed by atoms with Crippen LogP contribution < -0.4 is 0 Å². The zero-order valence-corrected chi connectivity index (χ0v) is 7.22. The normalized spacial score (nSPS) is 50.1. The van der Waals surface area contributed by atoms with Crippen LogP contribution in [0.2, 0.25) is 0 Å². The summed E-state index contributed by atoms with van der Waals surface area (Å²) in [5, 5.41) is 0. The average Bonchev–Trinajstić information content (AvgIpc) is 1.87. The van der Waals surface area contributed by atoms with Crippen molar-refractivity contribution in [1.29, 1.82) is 0 Å². The molecule has 0 aromatic rings. The van der Waals surface area contributed by atoms with Gasteiger partial charge in [0.05, 0.1) is 0 Å². The maximum atomic E-state index is 2.57. The van der Waals surface area contributed by atoms with Gasteiger partial charge in [-0.2, -0.15) is 0 Å². The molecule has 0 heterocycles. The van der Waals surface area contributed by atoms with E-state index >= 15 is 0 Å². The van der Waals surface area contributed by atoms with Crippen LogP contribution in [0.1, 0.15) is 33.6 Å². The van der Waals surface area contributed by atoms with E-state index in [0.29, 0.717) is 5.41 Å². The summed E-state index contributed by atoms with van der Waals surface area (Å²) in [4.78, 5) is 0. The molecule has 0 aromatic carbocycles. The summed E-state index contributed by atoms with van der Waals surface area (Å²) in [6.45, 7) is 7.21. The van der Waals surface area contributed by atoms with Crippen LogP contribution in [0.25, 0.3) is 0 Å². The highest BCUT2D eigenvalue weighted by Crippen LogP contribution is 2.59. The first-order valence-corrected chi connectivity index (χ1v) is 4.45. The molecule has 3 rings (SSSR count). The van der Waals surface area contributed by atoms with Crippen molar-refractivity contribution in [3.8, 4) is 0 Å². The molecular formula is C10H17. The van der Waals surface area contributed by atoms with E-state index in [1.807, 2.05) is 0 Å². The minimum atomic E-state index is 0.659. The summed E-state index contributed by atoms with van der Waals surface area (Å²) < 4.78 is 0. The molecule has 0 spiro atoms. The Morgan fingerprint density at radius 3 is 2.30 bits per heavy atom. The Morgan fingerprint density at radius 1 is 1.30 bits per heavy atom. The van der Waals surface area contributed by atoms with Crippen LogP contribution in [0, 0.1) is 29.6 Å². The van der Waals surface area contributed by atoms with E-state index in [1.54, 1.807) is 0 Å². The molecule has 57 valence electrons. The Hall–Kier alpha value is 0. The number of rotatable bonds is 0. The van der Waals surface area contributed by atoms with Gasteiger partial charge in [-0.05, 0) is 42.4 Å². The number of hydrogen-bond donors (Lipinski definition) is 0. The maximum absolute atomic E-state index is 2.57. The largest absolute Gasteiger partial charge is 0.0622 e. The van der Waals surface area contributed by atoms with Gasteiger partial charge in [0.2, 0.25) is 0 Å². The Bertz CT molecular complexity index is 132. The predicted octanol–water partition coefficient (Wildman–Crippen LogP) is 2.89. The van der Waals surface area contributed by atoms with Gasteiger partial charge in [-0.15, -0.1) is 0 Å². The van der Waals surface area contributed by atoms with Crippen molar-refractivity contribution < 1.29 is 0 Å². The molecule has 1 radical (unpaired) electrons. The highest BCUT2D eigenvalue weighted by molar-refractivity contribution is 5.09. The number of hydrogen-bond acceptors (Lipinski definition) is 0. The van der Waals surface area contributed by atoms with Crippen LogP contribution in [0.4, 0.5) is 0 Å². The second kappa shape index (κ2) is 1.78. The van der Waals surface area contributed by atoms with Crippen molar-refractivity contribution in [2.24, 2.45) is 23.2 Å². The highest BCUT2D eigenvalue weighted by Gasteiger charge is 2.51. The summed E-state index contributed by atoms with van der Waals surface area (Å²) in [5.41, 5.74) is 0.659. The van der Waals surface area contributed by atoms with E-state index in [-0.39, 0.29) is 0 Å².